The molecular formula is C22H36N4O4S. The maximum atomic E-state index is 12.6. The van der Waals surface area contributed by atoms with E-state index in [0.717, 1.165) is 36.5 Å². The molecule has 2 unspecified atom stereocenters. The molecule has 1 aliphatic rings. The summed E-state index contributed by atoms with van der Waals surface area (Å²) in [5.41, 5.74) is 1.06. The first kappa shape index (κ1) is 25.3. The van der Waals surface area contributed by atoms with Crippen molar-refractivity contribution in [2.75, 3.05) is 39.0 Å². The van der Waals surface area contributed by atoms with Crippen LogP contribution in [0.15, 0.2) is 23.1 Å². The van der Waals surface area contributed by atoms with E-state index in [1.165, 1.54) is 20.2 Å². The van der Waals surface area contributed by atoms with Crippen LogP contribution in [0.25, 0.3) is 0 Å². The molecule has 0 radical (unpaired) electrons. The van der Waals surface area contributed by atoms with Gasteiger partial charge in [0.2, 0.25) is 21.8 Å². The molecule has 9 heteroatoms. The van der Waals surface area contributed by atoms with E-state index in [9.17, 15) is 18.0 Å². The Balaban J connectivity index is 1.97. The van der Waals surface area contributed by atoms with Crippen LogP contribution >= 0.6 is 0 Å². The topological polar surface area (TPSA) is 98.8 Å². The number of sulfonamides is 1. The van der Waals surface area contributed by atoms with Crippen LogP contribution in [0.3, 0.4) is 0 Å². The van der Waals surface area contributed by atoms with Crippen molar-refractivity contribution in [3.05, 3.63) is 23.8 Å². The molecule has 2 amide bonds. The third-order valence-electron chi connectivity index (χ3n) is 5.58. The molecule has 2 N–H and O–H groups in total. The van der Waals surface area contributed by atoms with Gasteiger partial charge in [-0.25, -0.2) is 12.7 Å². The smallest absolute Gasteiger partial charge is 0.242 e. The Morgan fingerprint density at radius 2 is 2.00 bits per heavy atom. The maximum Gasteiger partial charge on any atom is 0.242 e. The highest BCUT2D eigenvalue weighted by Gasteiger charge is 2.27. The minimum absolute atomic E-state index is 0.0585. The molecular weight excluding hydrogens is 416 g/mol. The summed E-state index contributed by atoms with van der Waals surface area (Å²) in [4.78, 5) is 27.3. The lowest BCUT2D eigenvalue weighted by Crippen LogP contribution is -2.47. The van der Waals surface area contributed by atoms with Crippen LogP contribution in [0.1, 0.15) is 45.1 Å². The first-order valence-electron chi connectivity index (χ1n) is 10.9. The van der Waals surface area contributed by atoms with Crippen LogP contribution in [-0.4, -0.2) is 69.2 Å². The predicted octanol–water partition coefficient (Wildman–Crippen LogP) is 2.20. The zero-order chi connectivity index (χ0) is 23.2. The lowest BCUT2D eigenvalue weighted by atomic mass is 9.96. The van der Waals surface area contributed by atoms with Crippen molar-refractivity contribution in [1.29, 1.82) is 0 Å². The summed E-state index contributed by atoms with van der Waals surface area (Å²) in [7, 11) is -0.641. The van der Waals surface area contributed by atoms with Crippen molar-refractivity contribution in [2.24, 2.45) is 5.92 Å². The van der Waals surface area contributed by atoms with E-state index in [1.807, 2.05) is 11.8 Å². The number of nitrogens with zero attached hydrogens (tertiary/aromatic N) is 2. The van der Waals surface area contributed by atoms with E-state index in [2.05, 4.69) is 17.6 Å². The van der Waals surface area contributed by atoms with E-state index >= 15 is 0 Å². The molecule has 174 valence electrons. The molecule has 1 aromatic carbocycles. The number of likely N-dealkylation sites (tertiary alicyclic amines) is 1. The van der Waals surface area contributed by atoms with Gasteiger partial charge in [-0.1, -0.05) is 19.4 Å². The Bertz CT molecular complexity index is 885. The van der Waals surface area contributed by atoms with Crippen molar-refractivity contribution in [3.8, 4) is 0 Å². The molecule has 2 rings (SSSR count). The number of rotatable bonds is 9. The molecule has 0 spiro atoms. The fourth-order valence-electron chi connectivity index (χ4n) is 3.84. The van der Waals surface area contributed by atoms with Crippen LogP contribution < -0.4 is 10.6 Å². The van der Waals surface area contributed by atoms with Crippen LogP contribution in [-0.2, 0) is 19.6 Å². The minimum Gasteiger partial charge on any atom is -0.353 e. The predicted molar refractivity (Wildman–Crippen MR) is 122 cm³/mol. The Kier molecular flexibility index (Phi) is 9.02. The highest BCUT2D eigenvalue weighted by Crippen LogP contribution is 2.23. The van der Waals surface area contributed by atoms with Gasteiger partial charge in [0.15, 0.2) is 0 Å². The fourth-order valence-corrected chi connectivity index (χ4v) is 4.98. The van der Waals surface area contributed by atoms with Crippen molar-refractivity contribution < 1.29 is 18.0 Å². The highest BCUT2D eigenvalue weighted by atomic mass is 32.2. The standard InChI is InChI=1S/C22H36N4O4S/c1-6-8-17(3)23-22(28)18-9-7-12-26(14-18)15-21(27)24-19-11-10-16(2)20(13-19)31(29,30)25(4)5/h10-11,13,17-18H,6-9,12,14-15H2,1-5H3,(H,23,28)(H,24,27). The summed E-state index contributed by atoms with van der Waals surface area (Å²) in [5.74, 6) is -0.280. The third kappa shape index (κ3) is 7.02. The Labute approximate surface area is 186 Å². The van der Waals surface area contributed by atoms with E-state index < -0.39 is 10.0 Å². The Morgan fingerprint density at radius 1 is 1.29 bits per heavy atom. The van der Waals surface area contributed by atoms with E-state index in [4.69, 9.17) is 0 Å². The Morgan fingerprint density at radius 3 is 2.65 bits per heavy atom. The molecule has 1 fully saturated rings. The summed E-state index contributed by atoms with van der Waals surface area (Å²) in [5, 5.41) is 5.87. The second kappa shape index (κ2) is 11.1. The van der Waals surface area contributed by atoms with Crippen LogP contribution in [0, 0.1) is 12.8 Å². The molecule has 8 nitrogen and oxygen atoms in total. The van der Waals surface area contributed by atoms with Gasteiger partial charge in [0.05, 0.1) is 17.4 Å². The molecule has 31 heavy (non-hydrogen) atoms. The van der Waals surface area contributed by atoms with Gasteiger partial charge < -0.3 is 10.6 Å². The number of carbonyl (C=O) groups excluding carboxylic acids is 2. The molecule has 1 aliphatic heterocycles. The molecule has 0 aliphatic carbocycles. The van der Waals surface area contributed by atoms with Crippen molar-refractivity contribution in [2.45, 2.75) is 57.4 Å². The summed E-state index contributed by atoms with van der Waals surface area (Å²) in [6.45, 7) is 7.31. The highest BCUT2D eigenvalue weighted by molar-refractivity contribution is 7.89. The van der Waals surface area contributed by atoms with Crippen molar-refractivity contribution >= 4 is 27.5 Å². The van der Waals surface area contributed by atoms with Gasteiger partial charge in [-0.3, -0.25) is 14.5 Å². The fraction of sp³-hybridized carbons (Fsp3) is 0.636. The molecule has 1 aromatic rings. The number of amides is 2. The zero-order valence-corrected chi connectivity index (χ0v) is 20.1. The van der Waals surface area contributed by atoms with E-state index in [-0.39, 0.29) is 35.2 Å². The number of carbonyl (C=O) groups is 2. The van der Waals surface area contributed by atoms with Gasteiger partial charge in [-0.15, -0.1) is 0 Å². The summed E-state index contributed by atoms with van der Waals surface area (Å²) < 4.78 is 26.1. The van der Waals surface area contributed by atoms with Gasteiger partial charge in [0.1, 0.15) is 0 Å². The van der Waals surface area contributed by atoms with E-state index in [1.54, 1.807) is 19.1 Å². The molecule has 1 heterocycles. The summed E-state index contributed by atoms with van der Waals surface area (Å²) in [6.07, 6.45) is 3.66. The SMILES string of the molecule is CCCC(C)NC(=O)C1CCCN(CC(=O)Nc2ccc(C)c(S(=O)(=O)N(C)C)c2)C1. The quantitative estimate of drug-likeness (QED) is 0.598. The monoisotopic (exact) mass is 452 g/mol. The van der Waals surface area contributed by atoms with Gasteiger partial charge in [0.25, 0.3) is 0 Å². The Hall–Kier alpha value is -1.97. The van der Waals surface area contributed by atoms with Gasteiger partial charge in [-0.05, 0) is 57.4 Å². The normalized spacial score (nSPS) is 18.6. The minimum atomic E-state index is -3.60. The van der Waals surface area contributed by atoms with Crippen LogP contribution in [0.5, 0.6) is 0 Å². The number of benzene rings is 1. The molecule has 0 saturated carbocycles. The number of anilines is 1. The second-order valence-corrected chi connectivity index (χ2v) is 10.7. The average molecular weight is 453 g/mol. The van der Waals surface area contributed by atoms with Crippen LogP contribution in [0.2, 0.25) is 0 Å². The number of hydrogen-bond donors (Lipinski definition) is 2. The van der Waals surface area contributed by atoms with Crippen molar-refractivity contribution in [3.63, 3.8) is 0 Å². The molecule has 0 aromatic heterocycles. The number of piperidine rings is 1. The summed E-state index contributed by atoms with van der Waals surface area (Å²) in [6, 6.07) is 5.03. The number of aryl methyl sites for hydroxylation is 1. The number of nitrogens with one attached hydrogen (secondary N) is 2. The van der Waals surface area contributed by atoms with E-state index in [0.29, 0.717) is 17.8 Å². The summed E-state index contributed by atoms with van der Waals surface area (Å²) >= 11 is 0. The van der Waals surface area contributed by atoms with Crippen molar-refractivity contribution in [1.82, 2.24) is 14.5 Å². The largest absolute Gasteiger partial charge is 0.353 e. The van der Waals surface area contributed by atoms with Gasteiger partial charge in [0, 0.05) is 32.4 Å². The average Bonchev–Trinajstić information content (AvgIpc) is 2.69. The van der Waals surface area contributed by atoms with Gasteiger partial charge in [-0.2, -0.15) is 0 Å². The molecule has 1 saturated heterocycles. The molecule has 2 atom stereocenters. The first-order valence-corrected chi connectivity index (χ1v) is 12.3. The number of hydrogen-bond acceptors (Lipinski definition) is 5. The second-order valence-electron chi connectivity index (χ2n) is 8.59. The zero-order valence-electron chi connectivity index (χ0n) is 19.3. The van der Waals surface area contributed by atoms with Crippen LogP contribution in [0.4, 0.5) is 5.69 Å². The first-order chi connectivity index (χ1) is 14.5. The van der Waals surface area contributed by atoms with Gasteiger partial charge >= 0.3 is 0 Å². The third-order valence-corrected chi connectivity index (χ3v) is 7.54. The lowest BCUT2D eigenvalue weighted by Gasteiger charge is -2.32. The lowest BCUT2D eigenvalue weighted by molar-refractivity contribution is -0.128. The molecule has 0 bridgehead atoms. The maximum absolute atomic E-state index is 12.6.